The molecule has 4 rings (SSSR count). The first kappa shape index (κ1) is 22.9. The van der Waals surface area contributed by atoms with Crippen LogP contribution in [-0.4, -0.2) is 33.3 Å². The van der Waals surface area contributed by atoms with E-state index in [2.05, 4.69) is 16.1 Å². The summed E-state index contributed by atoms with van der Waals surface area (Å²) >= 11 is 0.765. The van der Waals surface area contributed by atoms with E-state index < -0.39 is 34.2 Å². The van der Waals surface area contributed by atoms with Crippen molar-refractivity contribution < 1.29 is 23.6 Å². The highest BCUT2D eigenvalue weighted by Gasteiger charge is 2.32. The summed E-state index contributed by atoms with van der Waals surface area (Å²) in [4.78, 5) is 13.0. The predicted octanol–water partition coefficient (Wildman–Crippen LogP) is 2.68. The van der Waals surface area contributed by atoms with Gasteiger partial charge in [-0.2, -0.15) is 5.26 Å². The van der Waals surface area contributed by atoms with Crippen molar-refractivity contribution in [2.24, 2.45) is 0 Å². The summed E-state index contributed by atoms with van der Waals surface area (Å²) in [6.45, 7) is 0.706. The fourth-order valence-electron chi connectivity index (χ4n) is 4.62. The molecule has 0 fully saturated rings. The van der Waals surface area contributed by atoms with Crippen molar-refractivity contribution in [3.05, 3.63) is 44.6 Å². The Kier molecular flexibility index (Phi) is 5.88. The molecule has 1 aromatic heterocycles. The number of aliphatic hydroxyl groups is 2. The minimum atomic E-state index is -3.65. The van der Waals surface area contributed by atoms with Gasteiger partial charge in [0, 0.05) is 16.8 Å². The molecular weight excluding hydrogens is 453 g/mol. The lowest BCUT2D eigenvalue weighted by molar-refractivity contribution is 0.000654. The SMILES string of the molecule is CC(O)(CO)c1cc(F)c([SH](C)(=O)NC(=O)Nc2c3c(c(C#N)c4c2CCC4)CCC3)s1. The Bertz CT molecular complexity index is 1160. The van der Waals surface area contributed by atoms with Gasteiger partial charge in [0.25, 0.3) is 0 Å². The standard InChI is InChI=1S/C22H26FN3O4S2/c1-22(29,11-27)18-9-17(23)20(31-18)32(2,30)26-21(28)25-19-14-7-3-5-12(14)16(10-24)13-6-4-8-15(13)19/h9,27,29,32H,3-8,11H2,1-2H3,(H2,25,26,28,30). The first-order valence-corrected chi connectivity index (χ1v) is 13.5. The highest BCUT2D eigenvalue weighted by atomic mass is 32.3. The lowest BCUT2D eigenvalue weighted by Gasteiger charge is -2.22. The van der Waals surface area contributed by atoms with E-state index in [1.54, 1.807) is 0 Å². The number of rotatable bonds is 5. The number of anilines is 1. The van der Waals surface area contributed by atoms with Gasteiger partial charge >= 0.3 is 6.03 Å². The van der Waals surface area contributed by atoms with Crippen LogP contribution in [-0.2, 0) is 41.4 Å². The Hall–Kier alpha value is -2.32. The number of amides is 2. The van der Waals surface area contributed by atoms with Gasteiger partial charge in [0.1, 0.15) is 15.6 Å². The maximum atomic E-state index is 14.5. The van der Waals surface area contributed by atoms with Crippen molar-refractivity contribution in [1.82, 2.24) is 4.72 Å². The molecule has 0 spiro atoms. The average molecular weight is 480 g/mol. The molecule has 0 aliphatic heterocycles. The quantitative estimate of drug-likeness (QED) is 0.422. The van der Waals surface area contributed by atoms with Crippen LogP contribution in [0, 0.1) is 17.1 Å². The highest BCUT2D eigenvalue weighted by Crippen LogP contribution is 2.41. The fraction of sp³-hybridized carbons (Fsp3) is 0.455. The number of nitrogens with zero attached hydrogens (tertiary/aromatic N) is 1. The molecule has 2 amide bonds. The summed E-state index contributed by atoms with van der Waals surface area (Å²) in [6, 6.07) is 2.67. The number of nitriles is 1. The molecule has 172 valence electrons. The van der Waals surface area contributed by atoms with Crippen LogP contribution in [0.3, 0.4) is 0 Å². The Morgan fingerprint density at radius 3 is 2.34 bits per heavy atom. The number of hydrogen-bond acceptors (Lipinski definition) is 6. The second-order valence-corrected chi connectivity index (χ2v) is 12.5. The van der Waals surface area contributed by atoms with Gasteiger partial charge in [0.15, 0.2) is 0 Å². The van der Waals surface area contributed by atoms with E-state index in [-0.39, 0.29) is 9.09 Å². The van der Waals surface area contributed by atoms with E-state index in [1.807, 2.05) is 0 Å². The van der Waals surface area contributed by atoms with Crippen LogP contribution in [0.15, 0.2) is 10.3 Å². The lowest BCUT2D eigenvalue weighted by atomic mass is 9.93. The summed E-state index contributed by atoms with van der Waals surface area (Å²) < 4.78 is 30.0. The van der Waals surface area contributed by atoms with E-state index in [9.17, 15) is 28.9 Å². The van der Waals surface area contributed by atoms with Gasteiger partial charge in [0.05, 0.1) is 18.2 Å². The number of benzene rings is 1. The van der Waals surface area contributed by atoms with E-state index in [1.165, 1.54) is 13.2 Å². The van der Waals surface area contributed by atoms with Crippen molar-refractivity contribution >= 4 is 33.2 Å². The zero-order valence-corrected chi connectivity index (χ0v) is 19.6. The van der Waals surface area contributed by atoms with Crippen molar-refractivity contribution in [2.45, 2.75) is 55.3 Å². The summed E-state index contributed by atoms with van der Waals surface area (Å²) in [5.74, 6) is -0.801. The average Bonchev–Trinajstić information content (AvgIpc) is 3.46. The maximum absolute atomic E-state index is 14.5. The number of halogens is 1. The zero-order valence-electron chi connectivity index (χ0n) is 17.9. The molecular formula is C22H26FN3O4S2. The van der Waals surface area contributed by atoms with Crippen LogP contribution in [0.5, 0.6) is 0 Å². The Labute approximate surface area is 190 Å². The van der Waals surface area contributed by atoms with E-state index in [0.29, 0.717) is 5.69 Å². The molecule has 2 aliphatic carbocycles. The van der Waals surface area contributed by atoms with Gasteiger partial charge in [-0.05, 0) is 83.9 Å². The molecule has 1 unspecified atom stereocenters. The zero-order chi connectivity index (χ0) is 23.3. The first-order chi connectivity index (χ1) is 15.1. The maximum Gasteiger partial charge on any atom is 0.329 e. The van der Waals surface area contributed by atoms with Gasteiger partial charge in [-0.1, -0.05) is 0 Å². The molecule has 4 N–H and O–H groups in total. The van der Waals surface area contributed by atoms with Crippen LogP contribution in [0.25, 0.3) is 0 Å². The molecule has 0 saturated carbocycles. The van der Waals surface area contributed by atoms with Gasteiger partial charge < -0.3 is 15.5 Å². The molecule has 2 aromatic rings. The molecule has 10 heteroatoms. The van der Waals surface area contributed by atoms with Crippen molar-refractivity contribution in [3.8, 4) is 6.07 Å². The molecule has 2 aliphatic rings. The summed E-state index contributed by atoms with van der Waals surface area (Å²) in [5.41, 5.74) is 3.67. The van der Waals surface area contributed by atoms with E-state index >= 15 is 0 Å². The van der Waals surface area contributed by atoms with Gasteiger partial charge in [0.2, 0.25) is 0 Å². The number of carbonyl (C=O) groups is 1. The van der Waals surface area contributed by atoms with E-state index in [4.69, 9.17) is 0 Å². The van der Waals surface area contributed by atoms with Crippen LogP contribution >= 0.6 is 11.3 Å². The highest BCUT2D eigenvalue weighted by molar-refractivity contribution is 8.02. The normalized spacial score (nSPS) is 17.2. The molecule has 1 atom stereocenters. The largest absolute Gasteiger partial charge is 0.393 e. The van der Waals surface area contributed by atoms with Crippen LogP contribution in [0.1, 0.15) is 52.5 Å². The Morgan fingerprint density at radius 2 is 1.81 bits per heavy atom. The number of thiol groups is 1. The third-order valence-electron chi connectivity index (χ3n) is 6.20. The summed E-state index contributed by atoms with van der Waals surface area (Å²) in [7, 11) is -3.65. The second kappa shape index (κ2) is 8.23. The summed E-state index contributed by atoms with van der Waals surface area (Å²) in [6.07, 6.45) is 6.18. The smallest absolute Gasteiger partial charge is 0.329 e. The molecule has 7 nitrogen and oxygen atoms in total. The van der Waals surface area contributed by atoms with Gasteiger partial charge in [-0.15, -0.1) is 11.3 Å². The fourth-order valence-corrected chi connectivity index (χ4v) is 7.58. The summed E-state index contributed by atoms with van der Waals surface area (Å²) in [5, 5.41) is 32.0. The Morgan fingerprint density at radius 1 is 1.25 bits per heavy atom. The van der Waals surface area contributed by atoms with Gasteiger partial charge in [-0.25, -0.2) is 9.18 Å². The number of carbonyl (C=O) groups excluding carboxylic acids is 1. The number of urea groups is 1. The topological polar surface area (TPSA) is 122 Å². The second-order valence-electron chi connectivity index (χ2n) is 8.67. The third-order valence-corrected chi connectivity index (χ3v) is 10.3. The molecule has 0 radical (unpaired) electrons. The minimum Gasteiger partial charge on any atom is -0.393 e. The Balaban J connectivity index is 1.62. The number of hydrogen-bond donors (Lipinski definition) is 5. The van der Waals surface area contributed by atoms with Gasteiger partial charge in [-0.3, -0.25) is 8.93 Å². The number of nitrogens with one attached hydrogen (secondary N) is 2. The lowest BCUT2D eigenvalue weighted by Crippen LogP contribution is -2.39. The molecule has 32 heavy (non-hydrogen) atoms. The van der Waals surface area contributed by atoms with Crippen LogP contribution in [0.4, 0.5) is 14.9 Å². The predicted molar refractivity (Wildman–Crippen MR) is 122 cm³/mol. The number of fused-ring (bicyclic) bond motifs is 2. The minimum absolute atomic E-state index is 0.125. The molecule has 0 saturated heterocycles. The first-order valence-electron chi connectivity index (χ1n) is 10.5. The van der Waals surface area contributed by atoms with Crippen molar-refractivity contribution in [1.29, 1.82) is 5.26 Å². The van der Waals surface area contributed by atoms with Crippen LogP contribution < -0.4 is 10.0 Å². The van der Waals surface area contributed by atoms with E-state index in [0.717, 1.165) is 83.7 Å². The third kappa shape index (κ3) is 3.83. The van der Waals surface area contributed by atoms with Crippen molar-refractivity contribution in [2.75, 3.05) is 18.2 Å². The molecule has 1 heterocycles. The van der Waals surface area contributed by atoms with Crippen molar-refractivity contribution in [3.63, 3.8) is 0 Å². The monoisotopic (exact) mass is 479 g/mol. The molecule has 1 aromatic carbocycles. The number of thiophene rings is 1. The van der Waals surface area contributed by atoms with Crippen LogP contribution in [0.2, 0.25) is 0 Å². The number of aliphatic hydroxyl groups excluding tert-OH is 1. The molecule has 0 bridgehead atoms.